The van der Waals surface area contributed by atoms with Gasteiger partial charge in [0.15, 0.2) is 0 Å². The second-order valence-electron chi connectivity index (χ2n) is 8.41. The van der Waals surface area contributed by atoms with Gasteiger partial charge in [0.25, 0.3) is 0 Å². The molecule has 162 valence electrons. The zero-order valence-electron chi connectivity index (χ0n) is 18.0. The molecule has 3 rings (SSSR count). The first kappa shape index (κ1) is 22.0. The highest BCUT2D eigenvalue weighted by molar-refractivity contribution is 5.97. The van der Waals surface area contributed by atoms with Gasteiger partial charge in [0.2, 0.25) is 11.8 Å². The Morgan fingerprint density at radius 2 is 1.97 bits per heavy atom. The van der Waals surface area contributed by atoms with E-state index in [4.69, 9.17) is 0 Å². The molecule has 8 nitrogen and oxygen atoms in total. The molecule has 3 atom stereocenters. The molecule has 0 bridgehead atoms. The Morgan fingerprint density at radius 3 is 2.63 bits per heavy atom. The highest BCUT2D eigenvalue weighted by Crippen LogP contribution is 2.29. The number of anilines is 2. The number of aliphatic hydroxyl groups excluding tert-OH is 1. The lowest BCUT2D eigenvalue weighted by Gasteiger charge is -2.28. The fourth-order valence-electron chi connectivity index (χ4n) is 3.91. The van der Waals surface area contributed by atoms with Crippen LogP contribution in [0.5, 0.6) is 0 Å². The number of carbonyl (C=O) groups excluding carboxylic acids is 2. The standard InChI is InChI=1S/C22H31N5O3/c1-12(2)24-21-18-10-20(23-11-16(18)9-19(26-21)13(3)28)27-22(30)15-6-5-7-17(8-15)25-14(4)29/h9-13,15,17,28H,5-8H2,1-4H3,(H,24,26)(H,25,29)(H,23,27,30)/t13-,15+,17-/m1/s1. The molecule has 2 heterocycles. The first-order valence-corrected chi connectivity index (χ1v) is 10.6. The topological polar surface area (TPSA) is 116 Å². The van der Waals surface area contributed by atoms with Crippen LogP contribution in [0.25, 0.3) is 10.8 Å². The van der Waals surface area contributed by atoms with Gasteiger partial charge in [-0.15, -0.1) is 0 Å². The molecule has 0 radical (unpaired) electrons. The van der Waals surface area contributed by atoms with Crippen LogP contribution in [0, 0.1) is 5.92 Å². The predicted molar refractivity (Wildman–Crippen MR) is 117 cm³/mol. The molecule has 0 aliphatic heterocycles. The largest absolute Gasteiger partial charge is 0.387 e. The normalized spacial score (nSPS) is 20.1. The second-order valence-corrected chi connectivity index (χ2v) is 8.41. The fourth-order valence-corrected chi connectivity index (χ4v) is 3.91. The molecule has 1 aliphatic carbocycles. The Balaban J connectivity index is 1.81. The summed E-state index contributed by atoms with van der Waals surface area (Å²) in [5.74, 6) is 0.819. The number of aliphatic hydroxyl groups is 1. The van der Waals surface area contributed by atoms with Gasteiger partial charge >= 0.3 is 0 Å². The van der Waals surface area contributed by atoms with Crippen molar-refractivity contribution in [3.63, 3.8) is 0 Å². The Hall–Kier alpha value is -2.74. The Labute approximate surface area is 176 Å². The molecule has 2 amide bonds. The molecule has 1 saturated carbocycles. The van der Waals surface area contributed by atoms with Crippen LogP contribution >= 0.6 is 0 Å². The lowest BCUT2D eigenvalue weighted by atomic mass is 9.85. The molecular weight excluding hydrogens is 382 g/mol. The second kappa shape index (κ2) is 9.38. The van der Waals surface area contributed by atoms with Gasteiger partial charge in [-0.25, -0.2) is 9.97 Å². The molecule has 30 heavy (non-hydrogen) atoms. The summed E-state index contributed by atoms with van der Waals surface area (Å²) in [6.45, 7) is 7.21. The van der Waals surface area contributed by atoms with Crippen molar-refractivity contribution in [2.24, 2.45) is 5.92 Å². The maximum Gasteiger partial charge on any atom is 0.228 e. The lowest BCUT2D eigenvalue weighted by Crippen LogP contribution is -2.40. The molecule has 1 aliphatic rings. The quantitative estimate of drug-likeness (QED) is 0.578. The molecule has 2 aromatic rings. The van der Waals surface area contributed by atoms with Gasteiger partial charge in [-0.1, -0.05) is 6.42 Å². The summed E-state index contributed by atoms with van der Waals surface area (Å²) in [5, 5.41) is 20.8. The van der Waals surface area contributed by atoms with Crippen LogP contribution in [0.4, 0.5) is 11.6 Å². The molecule has 0 unspecified atom stereocenters. The number of rotatable bonds is 6. The maximum absolute atomic E-state index is 12.8. The molecule has 4 N–H and O–H groups in total. The minimum absolute atomic E-state index is 0.0431. The van der Waals surface area contributed by atoms with E-state index in [0.29, 0.717) is 23.8 Å². The van der Waals surface area contributed by atoms with Crippen molar-refractivity contribution in [3.05, 3.63) is 24.0 Å². The van der Waals surface area contributed by atoms with Gasteiger partial charge in [0, 0.05) is 41.9 Å². The number of pyridine rings is 2. The molecule has 1 fully saturated rings. The number of hydrogen-bond donors (Lipinski definition) is 4. The number of nitrogens with one attached hydrogen (secondary N) is 3. The first-order valence-electron chi connectivity index (χ1n) is 10.6. The summed E-state index contributed by atoms with van der Waals surface area (Å²) >= 11 is 0. The van der Waals surface area contributed by atoms with Gasteiger partial charge in [0.05, 0.1) is 11.8 Å². The van der Waals surface area contributed by atoms with Gasteiger partial charge in [-0.3, -0.25) is 9.59 Å². The van der Waals surface area contributed by atoms with E-state index < -0.39 is 6.10 Å². The van der Waals surface area contributed by atoms with Crippen molar-refractivity contribution in [3.8, 4) is 0 Å². The van der Waals surface area contributed by atoms with E-state index in [2.05, 4.69) is 25.9 Å². The summed E-state index contributed by atoms with van der Waals surface area (Å²) in [6.07, 6.45) is 4.24. The first-order chi connectivity index (χ1) is 14.2. The zero-order chi connectivity index (χ0) is 21.8. The van der Waals surface area contributed by atoms with Crippen molar-refractivity contribution in [2.45, 2.75) is 71.6 Å². The van der Waals surface area contributed by atoms with Gasteiger partial charge in [-0.2, -0.15) is 0 Å². The Kier molecular flexibility index (Phi) is 6.87. The zero-order valence-corrected chi connectivity index (χ0v) is 18.0. The number of amides is 2. The summed E-state index contributed by atoms with van der Waals surface area (Å²) < 4.78 is 0. The number of carbonyl (C=O) groups is 2. The Bertz CT molecular complexity index is 928. The lowest BCUT2D eigenvalue weighted by molar-refractivity contribution is -0.123. The van der Waals surface area contributed by atoms with Crippen LogP contribution in [-0.4, -0.2) is 39.0 Å². The third-order valence-corrected chi connectivity index (χ3v) is 5.29. The molecule has 0 spiro atoms. The smallest absolute Gasteiger partial charge is 0.228 e. The summed E-state index contributed by atoms with van der Waals surface area (Å²) in [6, 6.07) is 3.82. The summed E-state index contributed by atoms with van der Waals surface area (Å²) in [5.41, 5.74) is 0.565. The molecule has 0 saturated heterocycles. The number of nitrogens with zero attached hydrogens (tertiary/aromatic N) is 2. The van der Waals surface area contributed by atoms with Crippen LogP contribution in [0.1, 0.15) is 65.2 Å². The third kappa shape index (κ3) is 5.44. The van der Waals surface area contributed by atoms with E-state index in [0.717, 1.165) is 30.0 Å². The Morgan fingerprint density at radius 1 is 1.20 bits per heavy atom. The fraction of sp³-hybridized carbons (Fsp3) is 0.545. The summed E-state index contributed by atoms with van der Waals surface area (Å²) in [7, 11) is 0. The monoisotopic (exact) mass is 413 g/mol. The molecular formula is C22H31N5O3. The highest BCUT2D eigenvalue weighted by Gasteiger charge is 2.28. The molecule has 2 aromatic heterocycles. The van der Waals surface area contributed by atoms with Gasteiger partial charge in [-0.05, 0) is 52.2 Å². The molecule has 8 heteroatoms. The van der Waals surface area contributed by atoms with Crippen molar-refractivity contribution >= 4 is 34.2 Å². The van der Waals surface area contributed by atoms with Crippen molar-refractivity contribution in [1.29, 1.82) is 0 Å². The maximum atomic E-state index is 12.8. The predicted octanol–water partition coefficient (Wildman–Crippen LogP) is 3.14. The van der Waals surface area contributed by atoms with Crippen LogP contribution in [0.3, 0.4) is 0 Å². The SMILES string of the molecule is CC(=O)N[C@@H]1CCC[C@H](C(=O)Nc2cc3c(NC(C)C)nc([C@@H](C)O)cc3cn2)C1. The molecule has 0 aromatic carbocycles. The highest BCUT2D eigenvalue weighted by atomic mass is 16.3. The van der Waals surface area contributed by atoms with E-state index >= 15 is 0 Å². The third-order valence-electron chi connectivity index (χ3n) is 5.29. The van der Waals surface area contributed by atoms with Crippen LogP contribution < -0.4 is 16.0 Å². The minimum Gasteiger partial charge on any atom is -0.387 e. The van der Waals surface area contributed by atoms with Crippen molar-refractivity contribution in [2.75, 3.05) is 10.6 Å². The minimum atomic E-state index is -0.690. The van der Waals surface area contributed by atoms with Gasteiger partial charge < -0.3 is 21.1 Å². The van der Waals surface area contributed by atoms with Gasteiger partial charge in [0.1, 0.15) is 11.6 Å². The van der Waals surface area contributed by atoms with Crippen molar-refractivity contribution < 1.29 is 14.7 Å². The number of aromatic nitrogens is 2. The summed E-state index contributed by atoms with van der Waals surface area (Å²) in [4.78, 5) is 33.1. The van der Waals surface area contributed by atoms with E-state index in [1.807, 2.05) is 26.0 Å². The average Bonchev–Trinajstić information content (AvgIpc) is 2.67. The van der Waals surface area contributed by atoms with Crippen LogP contribution in [0.2, 0.25) is 0 Å². The van der Waals surface area contributed by atoms with E-state index in [-0.39, 0.29) is 29.8 Å². The van der Waals surface area contributed by atoms with Crippen LogP contribution in [-0.2, 0) is 9.59 Å². The number of fused-ring (bicyclic) bond motifs is 1. The van der Waals surface area contributed by atoms with E-state index in [1.165, 1.54) is 6.92 Å². The average molecular weight is 414 g/mol. The van der Waals surface area contributed by atoms with E-state index in [9.17, 15) is 14.7 Å². The number of hydrogen-bond acceptors (Lipinski definition) is 6. The van der Waals surface area contributed by atoms with Crippen molar-refractivity contribution in [1.82, 2.24) is 15.3 Å². The van der Waals surface area contributed by atoms with E-state index in [1.54, 1.807) is 13.1 Å². The van der Waals surface area contributed by atoms with Crippen LogP contribution in [0.15, 0.2) is 18.3 Å².